The second kappa shape index (κ2) is 14.5. The highest BCUT2D eigenvalue weighted by Gasteiger charge is 2.36. The monoisotopic (exact) mass is 599 g/mol. The molecule has 0 spiro atoms. The molecular weight excluding hydrogens is 562 g/mol. The zero-order chi connectivity index (χ0) is 30.2. The van der Waals surface area contributed by atoms with Gasteiger partial charge in [-0.1, -0.05) is 39.0 Å². The van der Waals surface area contributed by atoms with Crippen molar-refractivity contribution in [2.75, 3.05) is 23.9 Å². The van der Waals surface area contributed by atoms with Gasteiger partial charge in [-0.15, -0.1) is 0 Å². The summed E-state index contributed by atoms with van der Waals surface area (Å²) in [5, 5.41) is 7.56. The van der Waals surface area contributed by atoms with Crippen molar-refractivity contribution in [2.24, 2.45) is 5.41 Å². The number of aromatic nitrogens is 1. The van der Waals surface area contributed by atoms with E-state index in [1.807, 2.05) is 27.0 Å². The number of hydrogen-bond donors (Lipinski definition) is 4. The minimum absolute atomic E-state index is 0.158. The molecule has 0 unspecified atom stereocenters. The minimum atomic E-state index is -0.892. The Bertz CT molecular complexity index is 1230. The molecule has 12 heteroatoms. The highest BCUT2D eigenvalue weighted by atomic mass is 32.2. The van der Waals surface area contributed by atoms with E-state index < -0.39 is 40.5 Å². The maximum Gasteiger partial charge on any atom is 0.261 e. The number of hydrogen-bond acceptors (Lipinski definition) is 8. The van der Waals surface area contributed by atoms with Crippen LogP contribution in [0.5, 0.6) is 0 Å². The maximum atomic E-state index is 13.4. The lowest BCUT2D eigenvalue weighted by Gasteiger charge is -2.32. The smallest absolute Gasteiger partial charge is 0.261 e. The van der Waals surface area contributed by atoms with Crippen LogP contribution in [0.15, 0.2) is 48.7 Å². The van der Waals surface area contributed by atoms with Gasteiger partial charge in [0, 0.05) is 12.7 Å². The molecule has 3 N–H and O–H groups in total. The van der Waals surface area contributed by atoms with Crippen molar-refractivity contribution in [1.82, 2.24) is 20.5 Å². The van der Waals surface area contributed by atoms with Gasteiger partial charge in [0.15, 0.2) is 0 Å². The molecule has 2 aromatic rings. The van der Waals surface area contributed by atoms with Gasteiger partial charge in [0.2, 0.25) is 17.7 Å². The van der Waals surface area contributed by atoms with Gasteiger partial charge in [0.1, 0.15) is 17.9 Å². The molecule has 0 radical (unpaired) electrons. The summed E-state index contributed by atoms with van der Waals surface area (Å²) in [6.45, 7) is 5.67. The van der Waals surface area contributed by atoms with Gasteiger partial charge in [-0.3, -0.25) is 28.9 Å². The molecule has 220 valence electrons. The number of fused-ring (bicyclic) bond motifs is 1. The Morgan fingerprint density at radius 3 is 2.12 bits per heavy atom. The van der Waals surface area contributed by atoms with Crippen LogP contribution in [0.25, 0.3) is 0 Å². The highest BCUT2D eigenvalue weighted by molar-refractivity contribution is 7.98. The molecule has 41 heavy (non-hydrogen) atoms. The van der Waals surface area contributed by atoms with Crippen molar-refractivity contribution in [2.45, 2.75) is 57.4 Å². The van der Waals surface area contributed by atoms with Gasteiger partial charge < -0.3 is 16.0 Å². The summed E-state index contributed by atoms with van der Waals surface area (Å²) in [7, 11) is 0. The number of carbonyl (C=O) groups excluding carboxylic acids is 5. The lowest BCUT2D eigenvalue weighted by Crippen LogP contribution is -2.57. The predicted octanol–water partition coefficient (Wildman–Crippen LogP) is 3.16. The molecule has 5 amide bonds. The van der Waals surface area contributed by atoms with Gasteiger partial charge in [0.25, 0.3) is 11.8 Å². The van der Waals surface area contributed by atoms with Gasteiger partial charge in [-0.05, 0) is 61.0 Å². The summed E-state index contributed by atoms with van der Waals surface area (Å²) in [4.78, 5) is 69.9. The Labute approximate surface area is 250 Å². The van der Waals surface area contributed by atoms with E-state index in [0.29, 0.717) is 35.5 Å². The largest absolute Gasteiger partial charge is 0.343 e. The number of thiol groups is 1. The molecule has 3 rings (SSSR count). The number of benzene rings is 1. The number of nitrogens with zero attached hydrogens (tertiary/aromatic N) is 2. The Kier molecular flexibility index (Phi) is 11.4. The Hall–Kier alpha value is -3.38. The van der Waals surface area contributed by atoms with Crippen LogP contribution in [0.1, 0.15) is 60.7 Å². The number of anilines is 1. The van der Waals surface area contributed by atoms with E-state index in [1.54, 1.807) is 48.7 Å². The van der Waals surface area contributed by atoms with Crippen molar-refractivity contribution < 1.29 is 24.0 Å². The van der Waals surface area contributed by atoms with Gasteiger partial charge in [-0.2, -0.15) is 24.4 Å². The molecule has 3 atom stereocenters. The number of rotatable bonds is 13. The van der Waals surface area contributed by atoms with Crippen molar-refractivity contribution in [1.29, 1.82) is 0 Å². The molecule has 0 fully saturated rings. The van der Waals surface area contributed by atoms with Gasteiger partial charge in [0.05, 0.1) is 16.4 Å². The van der Waals surface area contributed by atoms with E-state index in [-0.39, 0.29) is 24.8 Å². The van der Waals surface area contributed by atoms with E-state index in [1.165, 1.54) is 16.7 Å². The highest BCUT2D eigenvalue weighted by Crippen LogP contribution is 2.24. The predicted molar refractivity (Wildman–Crippen MR) is 163 cm³/mol. The first-order chi connectivity index (χ1) is 19.4. The molecule has 0 bridgehead atoms. The minimum Gasteiger partial charge on any atom is -0.343 e. The first kappa shape index (κ1) is 32.1. The van der Waals surface area contributed by atoms with E-state index in [2.05, 4.69) is 33.6 Å². The molecule has 0 saturated heterocycles. The Morgan fingerprint density at radius 1 is 0.927 bits per heavy atom. The first-order valence-corrected chi connectivity index (χ1v) is 15.3. The van der Waals surface area contributed by atoms with Crippen molar-refractivity contribution >= 4 is 59.7 Å². The zero-order valence-corrected chi connectivity index (χ0v) is 25.4. The summed E-state index contributed by atoms with van der Waals surface area (Å²) in [5.41, 5.74) is 0.129. The van der Waals surface area contributed by atoms with Crippen molar-refractivity contribution in [3.05, 3.63) is 59.8 Å². The number of nitrogens with one attached hydrogen (secondary N) is 3. The molecule has 1 aromatic carbocycles. The zero-order valence-electron chi connectivity index (χ0n) is 23.7. The molecule has 0 aliphatic carbocycles. The summed E-state index contributed by atoms with van der Waals surface area (Å²) in [5.74, 6) is -1.06. The topological polar surface area (TPSA) is 138 Å². The lowest BCUT2D eigenvalue weighted by molar-refractivity contribution is -0.132. The van der Waals surface area contributed by atoms with Crippen LogP contribution in [-0.4, -0.2) is 75.3 Å². The average molecular weight is 600 g/mol. The van der Waals surface area contributed by atoms with Crippen LogP contribution < -0.4 is 16.0 Å². The van der Waals surface area contributed by atoms with Gasteiger partial charge >= 0.3 is 0 Å². The summed E-state index contributed by atoms with van der Waals surface area (Å²) < 4.78 is 0. The summed E-state index contributed by atoms with van der Waals surface area (Å²) >= 11 is 5.96. The second-order valence-corrected chi connectivity index (χ2v) is 12.4. The van der Waals surface area contributed by atoms with Crippen molar-refractivity contribution in [3.8, 4) is 0 Å². The molecule has 1 aliphatic heterocycles. The lowest BCUT2D eigenvalue weighted by atomic mass is 9.85. The molecule has 2 heterocycles. The number of pyridine rings is 1. The van der Waals surface area contributed by atoms with Crippen LogP contribution in [0, 0.1) is 5.41 Å². The summed E-state index contributed by atoms with van der Waals surface area (Å²) in [6, 6.07) is 10.0. The molecule has 0 saturated carbocycles. The second-order valence-electron chi connectivity index (χ2n) is 10.8. The Morgan fingerprint density at radius 2 is 1.56 bits per heavy atom. The molecule has 10 nitrogen and oxygen atoms in total. The number of amides is 5. The van der Waals surface area contributed by atoms with E-state index >= 15 is 0 Å². The van der Waals surface area contributed by atoms with E-state index in [9.17, 15) is 24.0 Å². The third-order valence-electron chi connectivity index (χ3n) is 6.61. The van der Waals surface area contributed by atoms with Crippen LogP contribution in [0.4, 0.5) is 5.82 Å². The maximum absolute atomic E-state index is 13.4. The van der Waals surface area contributed by atoms with Crippen LogP contribution in [-0.2, 0) is 14.4 Å². The normalized spacial score (nSPS) is 15.1. The number of thioether (sulfide) groups is 1. The fourth-order valence-corrected chi connectivity index (χ4v) is 5.07. The first-order valence-electron chi connectivity index (χ1n) is 13.4. The molecular formula is C29H37N5O5S2. The quantitative estimate of drug-likeness (QED) is 0.205. The van der Waals surface area contributed by atoms with Crippen LogP contribution in [0.3, 0.4) is 0 Å². The van der Waals surface area contributed by atoms with Crippen LogP contribution in [0.2, 0.25) is 0 Å². The number of carbonyl (C=O) groups is 5. The van der Waals surface area contributed by atoms with E-state index in [4.69, 9.17) is 0 Å². The third-order valence-corrected chi connectivity index (χ3v) is 7.75. The van der Waals surface area contributed by atoms with Gasteiger partial charge in [-0.25, -0.2) is 4.98 Å². The number of imide groups is 1. The van der Waals surface area contributed by atoms with E-state index in [0.717, 1.165) is 0 Å². The summed E-state index contributed by atoms with van der Waals surface area (Å²) in [6.07, 6.45) is 4.47. The third kappa shape index (κ3) is 8.56. The SMILES string of the molecule is CSCC[C@H](NC(=O)[C@@H](S)CCCN1C(=O)c2ccccc2C1=O)C(=O)N[C@H](C(=O)Nc1ccccn1)C(C)(C)C. The molecule has 1 aliphatic rings. The van der Waals surface area contributed by atoms with Crippen LogP contribution >= 0.6 is 24.4 Å². The fraction of sp³-hybridized carbons (Fsp3) is 0.448. The Balaban J connectivity index is 1.58. The molecule has 1 aromatic heterocycles. The standard InChI is InChI=1S/C29H37N5O5S2/c1-29(2,3)23(26(37)32-22-13-7-8-15-30-22)33-24(35)20(14-17-41-4)31-25(36)21(40)12-9-16-34-27(38)18-10-5-6-11-19(18)28(34)39/h5-8,10-11,13,15,20-21,23,40H,9,12,14,16-17H2,1-4H3,(H,31,36)(H,33,35)(H,30,32,37)/t20-,21-,23+/m0/s1. The fourth-order valence-electron chi connectivity index (χ4n) is 4.34. The van der Waals surface area contributed by atoms with Crippen molar-refractivity contribution in [3.63, 3.8) is 0 Å². The average Bonchev–Trinajstić information content (AvgIpc) is 3.18.